The molecule has 1 saturated heterocycles. The van der Waals surface area contributed by atoms with Crippen molar-refractivity contribution in [2.45, 2.75) is 25.4 Å². The van der Waals surface area contributed by atoms with Gasteiger partial charge in [-0.15, -0.1) is 0 Å². The molecule has 0 aliphatic carbocycles. The number of carbonyl (C=O) groups excluding carboxylic acids is 1. The molecule has 3 N–H and O–H groups in total. The van der Waals surface area contributed by atoms with Crippen LogP contribution in [-0.4, -0.2) is 63.2 Å². The van der Waals surface area contributed by atoms with Crippen molar-refractivity contribution in [3.8, 4) is 0 Å². The Morgan fingerprint density at radius 3 is 2.88 bits per heavy atom. The van der Waals surface area contributed by atoms with Gasteiger partial charge in [-0.2, -0.15) is 0 Å². The van der Waals surface area contributed by atoms with Gasteiger partial charge in [0, 0.05) is 38.9 Å². The van der Waals surface area contributed by atoms with Crippen molar-refractivity contribution in [2.75, 3.05) is 36.9 Å². The number of piperidine rings is 1. The number of aromatic nitrogens is 4. The van der Waals surface area contributed by atoms with Gasteiger partial charge in [0.05, 0.1) is 17.5 Å². The lowest BCUT2D eigenvalue weighted by Crippen LogP contribution is -2.54. The number of aryl methyl sites for hydroxylation is 1. The smallest absolute Gasteiger partial charge is 0.271 e. The lowest BCUT2D eigenvalue weighted by molar-refractivity contribution is 0.0253. The van der Waals surface area contributed by atoms with E-state index in [-0.39, 0.29) is 18.1 Å². The van der Waals surface area contributed by atoms with Crippen LogP contribution in [0.2, 0.25) is 0 Å². The van der Waals surface area contributed by atoms with Crippen LogP contribution in [0.15, 0.2) is 24.8 Å². The summed E-state index contributed by atoms with van der Waals surface area (Å²) in [5, 5.41) is 16.7. The number of β-amino-alcohol motifs (C(OH)–C–C–N with tert-alkyl or cyclic N) is 1. The van der Waals surface area contributed by atoms with E-state index in [9.17, 15) is 9.90 Å². The molecule has 1 aliphatic rings. The van der Waals surface area contributed by atoms with Crippen molar-refractivity contribution in [1.29, 1.82) is 0 Å². The van der Waals surface area contributed by atoms with E-state index in [0.717, 1.165) is 30.3 Å². The third-order valence-electron chi connectivity index (χ3n) is 4.38. The zero-order chi connectivity index (χ0) is 18.6. The second-order valence-corrected chi connectivity index (χ2v) is 6.49. The highest BCUT2D eigenvalue weighted by Crippen LogP contribution is 2.25. The molecule has 1 amide bonds. The van der Waals surface area contributed by atoms with Gasteiger partial charge in [0.2, 0.25) is 0 Å². The van der Waals surface area contributed by atoms with Crippen LogP contribution in [0.4, 0.5) is 11.6 Å². The number of amides is 1. The first-order valence-electron chi connectivity index (χ1n) is 8.53. The van der Waals surface area contributed by atoms with Gasteiger partial charge in [-0.1, -0.05) is 0 Å². The quantitative estimate of drug-likeness (QED) is 0.703. The highest BCUT2D eigenvalue weighted by molar-refractivity contribution is 5.91. The summed E-state index contributed by atoms with van der Waals surface area (Å²) in [4.78, 5) is 30.7. The first kappa shape index (κ1) is 18.0. The Morgan fingerprint density at radius 2 is 2.15 bits per heavy atom. The van der Waals surface area contributed by atoms with Crippen molar-refractivity contribution < 1.29 is 9.90 Å². The highest BCUT2D eigenvalue weighted by Gasteiger charge is 2.34. The lowest BCUT2D eigenvalue weighted by atomic mass is 9.92. The number of hydrogen-bond donors (Lipinski definition) is 3. The van der Waals surface area contributed by atoms with Gasteiger partial charge < -0.3 is 20.6 Å². The minimum atomic E-state index is -1.03. The Hall–Kier alpha value is -2.81. The molecule has 2 aromatic rings. The van der Waals surface area contributed by atoms with Crippen molar-refractivity contribution >= 4 is 17.5 Å². The summed E-state index contributed by atoms with van der Waals surface area (Å²) in [6, 6.07) is 1.84. The molecular weight excluding hydrogens is 334 g/mol. The Balaban J connectivity index is 1.63. The van der Waals surface area contributed by atoms with E-state index >= 15 is 0 Å². The third kappa shape index (κ3) is 4.23. The maximum Gasteiger partial charge on any atom is 0.271 e. The van der Waals surface area contributed by atoms with Crippen LogP contribution in [-0.2, 0) is 0 Å². The Morgan fingerprint density at radius 1 is 1.31 bits per heavy atom. The van der Waals surface area contributed by atoms with Gasteiger partial charge in [-0.05, 0) is 19.8 Å². The molecule has 3 heterocycles. The van der Waals surface area contributed by atoms with Crippen LogP contribution in [0.5, 0.6) is 0 Å². The van der Waals surface area contributed by atoms with Gasteiger partial charge in [0.1, 0.15) is 23.7 Å². The maximum absolute atomic E-state index is 12.2. The first-order chi connectivity index (χ1) is 12.5. The summed E-state index contributed by atoms with van der Waals surface area (Å²) in [6.07, 6.45) is 5.87. The average Bonchev–Trinajstić information content (AvgIpc) is 2.67. The molecule has 1 atom stereocenters. The molecule has 0 saturated carbocycles. The predicted molar refractivity (Wildman–Crippen MR) is 97.1 cm³/mol. The molecule has 9 nitrogen and oxygen atoms in total. The minimum absolute atomic E-state index is 0.141. The normalized spacial score (nSPS) is 19.9. The second kappa shape index (κ2) is 7.61. The molecule has 0 bridgehead atoms. The van der Waals surface area contributed by atoms with Crippen molar-refractivity contribution in [3.63, 3.8) is 0 Å². The standard InChI is InChI=1S/C17H23N7O2/c1-12-7-20-13(8-19-12)16(25)21-9-17(26)4-3-5-24(10-17)15-6-14(18-2)22-11-23-15/h6-8,11,26H,3-5,9-10H2,1-2H3,(H,21,25)(H,18,22,23)/t17-/m1/s1. The van der Waals surface area contributed by atoms with E-state index in [1.165, 1.54) is 12.5 Å². The Labute approximate surface area is 151 Å². The first-order valence-corrected chi connectivity index (χ1v) is 8.53. The van der Waals surface area contributed by atoms with Crippen LogP contribution < -0.4 is 15.5 Å². The van der Waals surface area contributed by atoms with Gasteiger partial charge >= 0.3 is 0 Å². The fourth-order valence-corrected chi connectivity index (χ4v) is 2.95. The highest BCUT2D eigenvalue weighted by atomic mass is 16.3. The summed E-state index contributed by atoms with van der Waals surface area (Å²) >= 11 is 0. The van der Waals surface area contributed by atoms with E-state index in [1.54, 1.807) is 20.2 Å². The molecule has 9 heteroatoms. The largest absolute Gasteiger partial charge is 0.386 e. The molecule has 0 radical (unpaired) electrons. The van der Waals surface area contributed by atoms with E-state index < -0.39 is 5.60 Å². The SMILES string of the molecule is CNc1cc(N2CCC[C@@](O)(CNC(=O)c3cnc(C)cn3)C2)ncn1. The fraction of sp³-hybridized carbons (Fsp3) is 0.471. The van der Waals surface area contributed by atoms with Gasteiger partial charge in [-0.3, -0.25) is 9.78 Å². The number of carbonyl (C=O) groups is 1. The van der Waals surface area contributed by atoms with Crippen LogP contribution >= 0.6 is 0 Å². The molecular formula is C17H23N7O2. The minimum Gasteiger partial charge on any atom is -0.386 e. The number of rotatable bonds is 5. The van der Waals surface area contributed by atoms with Crippen molar-refractivity contribution in [3.05, 3.63) is 36.2 Å². The molecule has 0 aromatic carbocycles. The predicted octanol–water partition coefficient (Wildman–Crippen LogP) is 0.378. The monoisotopic (exact) mass is 357 g/mol. The zero-order valence-electron chi connectivity index (χ0n) is 14.9. The topological polar surface area (TPSA) is 116 Å². The molecule has 1 fully saturated rings. The molecule has 0 spiro atoms. The molecule has 3 rings (SSSR count). The fourth-order valence-electron chi connectivity index (χ4n) is 2.95. The van der Waals surface area contributed by atoms with Gasteiger partial charge in [0.15, 0.2) is 0 Å². The van der Waals surface area contributed by atoms with Crippen LogP contribution in [0, 0.1) is 6.92 Å². The summed E-state index contributed by atoms with van der Waals surface area (Å²) < 4.78 is 0. The Kier molecular flexibility index (Phi) is 5.27. The summed E-state index contributed by atoms with van der Waals surface area (Å²) in [7, 11) is 1.79. The summed E-state index contributed by atoms with van der Waals surface area (Å²) in [5.41, 5.74) is -0.0493. The van der Waals surface area contributed by atoms with E-state index in [1.807, 2.05) is 11.0 Å². The number of hydrogen-bond acceptors (Lipinski definition) is 8. The number of anilines is 2. The Bertz CT molecular complexity index is 768. The number of aliphatic hydroxyl groups is 1. The molecule has 0 unspecified atom stereocenters. The van der Waals surface area contributed by atoms with E-state index in [4.69, 9.17) is 0 Å². The van der Waals surface area contributed by atoms with Gasteiger partial charge in [0.25, 0.3) is 5.91 Å². The van der Waals surface area contributed by atoms with Crippen molar-refractivity contribution in [2.24, 2.45) is 0 Å². The third-order valence-corrected chi connectivity index (χ3v) is 4.38. The number of nitrogens with zero attached hydrogens (tertiary/aromatic N) is 5. The summed E-state index contributed by atoms with van der Waals surface area (Å²) in [5.74, 6) is 1.12. The summed E-state index contributed by atoms with van der Waals surface area (Å²) in [6.45, 7) is 3.12. The maximum atomic E-state index is 12.2. The second-order valence-electron chi connectivity index (χ2n) is 6.49. The van der Waals surface area contributed by atoms with Crippen LogP contribution in [0.3, 0.4) is 0 Å². The van der Waals surface area contributed by atoms with Gasteiger partial charge in [-0.25, -0.2) is 15.0 Å². The van der Waals surface area contributed by atoms with E-state index in [2.05, 4.69) is 30.6 Å². The average molecular weight is 357 g/mol. The zero-order valence-corrected chi connectivity index (χ0v) is 14.9. The lowest BCUT2D eigenvalue weighted by Gasteiger charge is -2.39. The van der Waals surface area contributed by atoms with Crippen LogP contribution in [0.1, 0.15) is 29.0 Å². The van der Waals surface area contributed by atoms with Crippen molar-refractivity contribution in [1.82, 2.24) is 25.3 Å². The molecule has 26 heavy (non-hydrogen) atoms. The number of nitrogens with one attached hydrogen (secondary N) is 2. The molecule has 1 aliphatic heterocycles. The van der Waals surface area contributed by atoms with E-state index in [0.29, 0.717) is 13.0 Å². The van der Waals surface area contributed by atoms with Crippen LogP contribution in [0.25, 0.3) is 0 Å². The molecule has 2 aromatic heterocycles. The molecule has 138 valence electrons.